The van der Waals surface area contributed by atoms with Gasteiger partial charge < -0.3 is 10.3 Å². The molecule has 0 amide bonds. The molecule has 4 rings (SSSR count). The predicted molar refractivity (Wildman–Crippen MR) is 107 cm³/mol. The number of rotatable bonds is 2. The van der Waals surface area contributed by atoms with Gasteiger partial charge in [-0.25, -0.2) is 0 Å². The van der Waals surface area contributed by atoms with E-state index in [0.717, 1.165) is 29.1 Å². The fraction of sp³-hybridized carbons (Fsp3) is 0.350. The molecule has 1 fully saturated rings. The summed E-state index contributed by atoms with van der Waals surface area (Å²) in [6.07, 6.45) is 10.7. The van der Waals surface area contributed by atoms with E-state index in [2.05, 4.69) is 34.8 Å². The van der Waals surface area contributed by atoms with Gasteiger partial charge in [0.2, 0.25) is 0 Å². The molecule has 1 aromatic carbocycles. The zero-order chi connectivity index (χ0) is 16.7. The van der Waals surface area contributed by atoms with Gasteiger partial charge in [0, 0.05) is 34.5 Å². The average Bonchev–Trinajstić information content (AvgIpc) is 2.95. The fourth-order valence-corrected chi connectivity index (χ4v) is 4.17. The Morgan fingerprint density at radius 1 is 1.16 bits per heavy atom. The number of hydrogen-bond donors (Lipinski definition) is 1. The highest BCUT2D eigenvalue weighted by Crippen LogP contribution is 2.38. The number of aryl methyl sites for hydroxylation is 1. The topological polar surface area (TPSA) is 43.8 Å². The van der Waals surface area contributed by atoms with Crippen molar-refractivity contribution in [3.05, 3.63) is 59.0 Å². The summed E-state index contributed by atoms with van der Waals surface area (Å²) in [4.78, 5) is 4.35. The lowest BCUT2D eigenvalue weighted by molar-refractivity contribution is 0.397. The Bertz CT molecular complexity index is 880. The van der Waals surface area contributed by atoms with Gasteiger partial charge in [-0.1, -0.05) is 11.6 Å². The van der Waals surface area contributed by atoms with Gasteiger partial charge in [-0.2, -0.15) is 0 Å². The molecular formula is C20H23Cl2N3. The van der Waals surface area contributed by atoms with E-state index < -0.39 is 0 Å². The summed E-state index contributed by atoms with van der Waals surface area (Å²) in [5.74, 6) is 0.587. The van der Waals surface area contributed by atoms with E-state index in [-0.39, 0.29) is 12.4 Å². The van der Waals surface area contributed by atoms with Crippen LogP contribution in [-0.4, -0.2) is 15.6 Å². The lowest BCUT2D eigenvalue weighted by Gasteiger charge is -2.25. The van der Waals surface area contributed by atoms with Crippen LogP contribution in [0.25, 0.3) is 16.6 Å². The number of aromatic nitrogens is 2. The maximum absolute atomic E-state index is 6.13. The number of fused-ring (bicyclic) bond motifs is 1. The zero-order valence-electron chi connectivity index (χ0n) is 14.3. The van der Waals surface area contributed by atoms with Crippen molar-refractivity contribution in [1.29, 1.82) is 0 Å². The van der Waals surface area contributed by atoms with E-state index in [1.54, 1.807) is 0 Å². The third-order valence-corrected chi connectivity index (χ3v) is 5.50. The van der Waals surface area contributed by atoms with Crippen LogP contribution in [0.5, 0.6) is 0 Å². The predicted octanol–water partition coefficient (Wildman–Crippen LogP) is 5.39. The largest absolute Gasteiger partial charge is 0.328 e. The first-order valence-electron chi connectivity index (χ1n) is 8.60. The van der Waals surface area contributed by atoms with Crippen molar-refractivity contribution in [3.8, 4) is 5.69 Å². The van der Waals surface area contributed by atoms with Gasteiger partial charge in [0.05, 0.1) is 11.7 Å². The van der Waals surface area contributed by atoms with Gasteiger partial charge >= 0.3 is 0 Å². The van der Waals surface area contributed by atoms with Crippen molar-refractivity contribution in [2.45, 2.75) is 44.6 Å². The Labute approximate surface area is 159 Å². The van der Waals surface area contributed by atoms with E-state index in [4.69, 9.17) is 17.3 Å². The van der Waals surface area contributed by atoms with Crippen molar-refractivity contribution in [1.82, 2.24) is 9.55 Å². The van der Waals surface area contributed by atoms with Crippen LogP contribution in [0.2, 0.25) is 5.02 Å². The number of pyridine rings is 1. The Morgan fingerprint density at radius 3 is 2.64 bits per heavy atom. The molecule has 1 saturated carbocycles. The van der Waals surface area contributed by atoms with Gasteiger partial charge in [0.25, 0.3) is 0 Å². The molecule has 25 heavy (non-hydrogen) atoms. The van der Waals surface area contributed by atoms with Gasteiger partial charge in [-0.15, -0.1) is 12.4 Å². The Kier molecular flexibility index (Phi) is 5.38. The van der Waals surface area contributed by atoms with E-state index in [0.29, 0.717) is 12.0 Å². The SMILES string of the molecule is Cc1cc(Cl)ccc1-n1cc(C2CCC(N)CC2)c2ccncc21.Cl. The molecule has 0 spiro atoms. The van der Waals surface area contributed by atoms with E-state index in [1.807, 2.05) is 24.5 Å². The summed E-state index contributed by atoms with van der Waals surface area (Å²) < 4.78 is 2.26. The van der Waals surface area contributed by atoms with E-state index >= 15 is 0 Å². The van der Waals surface area contributed by atoms with Crippen molar-refractivity contribution in [2.24, 2.45) is 5.73 Å². The van der Waals surface area contributed by atoms with Crippen LogP contribution in [-0.2, 0) is 0 Å². The number of nitrogens with zero attached hydrogens (tertiary/aromatic N) is 2. The minimum atomic E-state index is 0. The number of hydrogen-bond acceptors (Lipinski definition) is 2. The third kappa shape index (κ3) is 3.41. The van der Waals surface area contributed by atoms with Crippen LogP contribution >= 0.6 is 24.0 Å². The lowest BCUT2D eigenvalue weighted by Crippen LogP contribution is -2.25. The highest BCUT2D eigenvalue weighted by atomic mass is 35.5. The number of nitrogens with two attached hydrogens (primary N) is 1. The monoisotopic (exact) mass is 375 g/mol. The summed E-state index contributed by atoms with van der Waals surface area (Å²) in [7, 11) is 0. The van der Waals surface area contributed by atoms with Crippen LogP contribution in [0.4, 0.5) is 0 Å². The molecule has 0 atom stereocenters. The minimum absolute atomic E-state index is 0. The average molecular weight is 376 g/mol. The molecule has 0 bridgehead atoms. The molecular weight excluding hydrogens is 353 g/mol. The summed E-state index contributed by atoms with van der Waals surface area (Å²) >= 11 is 6.13. The molecule has 0 saturated heterocycles. The molecule has 2 N–H and O–H groups in total. The summed E-state index contributed by atoms with van der Waals surface area (Å²) in [5.41, 5.74) is 11.0. The zero-order valence-corrected chi connectivity index (χ0v) is 15.9. The molecule has 132 valence electrons. The molecule has 1 aliphatic rings. The smallest absolute Gasteiger partial charge is 0.0715 e. The molecule has 0 radical (unpaired) electrons. The maximum Gasteiger partial charge on any atom is 0.0715 e. The first-order valence-corrected chi connectivity index (χ1v) is 8.98. The minimum Gasteiger partial charge on any atom is -0.328 e. The van der Waals surface area contributed by atoms with E-state index in [9.17, 15) is 0 Å². The van der Waals surface area contributed by atoms with Crippen molar-refractivity contribution >= 4 is 34.9 Å². The molecule has 0 unspecified atom stereocenters. The highest BCUT2D eigenvalue weighted by molar-refractivity contribution is 6.30. The second-order valence-electron chi connectivity index (χ2n) is 6.89. The summed E-state index contributed by atoms with van der Waals surface area (Å²) in [5, 5.41) is 2.08. The highest BCUT2D eigenvalue weighted by Gasteiger charge is 2.24. The van der Waals surface area contributed by atoms with Crippen LogP contribution in [0.15, 0.2) is 42.9 Å². The molecule has 1 aliphatic carbocycles. The molecule has 5 heteroatoms. The normalized spacial score (nSPS) is 20.4. The van der Waals surface area contributed by atoms with Gasteiger partial charge in [-0.05, 0) is 73.9 Å². The van der Waals surface area contributed by atoms with Gasteiger partial charge in [0.1, 0.15) is 0 Å². The number of halogens is 2. The molecule has 2 aromatic heterocycles. The van der Waals surface area contributed by atoms with E-state index in [1.165, 1.54) is 29.4 Å². The second kappa shape index (κ2) is 7.36. The number of benzene rings is 1. The molecule has 0 aliphatic heterocycles. The lowest BCUT2D eigenvalue weighted by atomic mass is 9.82. The van der Waals surface area contributed by atoms with Crippen LogP contribution in [0.3, 0.4) is 0 Å². The first kappa shape index (κ1) is 18.2. The summed E-state index contributed by atoms with van der Waals surface area (Å²) in [6, 6.07) is 8.56. The molecule has 2 heterocycles. The quantitative estimate of drug-likeness (QED) is 0.651. The van der Waals surface area contributed by atoms with Crippen LogP contribution < -0.4 is 5.73 Å². The van der Waals surface area contributed by atoms with Crippen molar-refractivity contribution in [2.75, 3.05) is 0 Å². The fourth-order valence-electron chi connectivity index (χ4n) is 3.94. The molecule has 3 aromatic rings. The Balaban J connectivity index is 0.00000182. The van der Waals surface area contributed by atoms with Crippen molar-refractivity contribution in [3.63, 3.8) is 0 Å². The van der Waals surface area contributed by atoms with Gasteiger partial charge in [0.15, 0.2) is 0 Å². The summed E-state index contributed by atoms with van der Waals surface area (Å²) in [6.45, 7) is 2.10. The third-order valence-electron chi connectivity index (χ3n) is 5.27. The first-order chi connectivity index (χ1) is 11.6. The van der Waals surface area contributed by atoms with Crippen LogP contribution in [0.1, 0.15) is 42.7 Å². The van der Waals surface area contributed by atoms with Crippen molar-refractivity contribution < 1.29 is 0 Å². The Morgan fingerprint density at radius 2 is 1.92 bits per heavy atom. The maximum atomic E-state index is 6.13. The second-order valence-corrected chi connectivity index (χ2v) is 7.33. The van der Waals surface area contributed by atoms with Crippen LogP contribution in [0, 0.1) is 6.92 Å². The van der Waals surface area contributed by atoms with Gasteiger partial charge in [-0.3, -0.25) is 4.98 Å². The standard InChI is InChI=1S/C20H22ClN3.ClH/c1-13-10-15(21)4-7-19(13)24-12-18(14-2-5-16(22)6-3-14)17-8-9-23-11-20(17)24;/h4,7-12,14,16H,2-3,5-6,22H2,1H3;1H. The Hall–Kier alpha value is -1.55. The molecule has 3 nitrogen and oxygen atoms in total.